The van der Waals surface area contributed by atoms with Gasteiger partial charge in [0.05, 0.1) is 9.79 Å². The van der Waals surface area contributed by atoms with Gasteiger partial charge in [-0.2, -0.15) is 8.42 Å². The number of phenols is 2. The Kier molecular flexibility index (Phi) is 6.13. The van der Waals surface area contributed by atoms with Crippen LogP contribution in [0.25, 0.3) is 10.8 Å². The molecule has 16 heteroatoms. The molecule has 0 spiro atoms. The van der Waals surface area contributed by atoms with E-state index >= 15 is 0 Å². The van der Waals surface area contributed by atoms with Gasteiger partial charge in [0.15, 0.2) is 5.75 Å². The first-order valence-corrected chi connectivity index (χ1v) is 12.6. The van der Waals surface area contributed by atoms with Crippen molar-refractivity contribution >= 4 is 54.0 Å². The Morgan fingerprint density at radius 3 is 1.88 bits per heavy atom. The highest BCUT2D eigenvalue weighted by Crippen LogP contribution is 2.56. The summed E-state index contributed by atoms with van der Waals surface area (Å²) in [4.78, 5) is -2.69. The molecule has 0 aliphatic carbocycles. The van der Waals surface area contributed by atoms with Crippen molar-refractivity contribution in [2.75, 3.05) is 0 Å². The minimum absolute atomic E-state index is 0.149. The fourth-order valence-corrected chi connectivity index (χ4v) is 4.81. The van der Waals surface area contributed by atoms with Gasteiger partial charge in [0.1, 0.15) is 43.8 Å². The highest BCUT2D eigenvalue weighted by Gasteiger charge is 2.30. The Morgan fingerprint density at radius 1 is 0.719 bits per heavy atom. The topological polar surface area (TPSA) is 241 Å². The van der Waals surface area contributed by atoms with Gasteiger partial charge in [-0.3, -0.25) is 4.55 Å². The largest absolute Gasteiger partial charge is 0.506 e. The SMILES string of the molecule is O=S(=O)(O)c1cc2cc(S(O)(O)O)cc(S(O)(O)O)c2c(O)c1N=Nc1ccccc1O. The predicted octanol–water partition coefficient (Wildman–Crippen LogP) is 5.08. The molecule has 0 atom stereocenters. The van der Waals surface area contributed by atoms with Gasteiger partial charge >= 0.3 is 0 Å². The molecule has 13 nitrogen and oxygen atoms in total. The number of rotatable bonds is 5. The van der Waals surface area contributed by atoms with E-state index in [1.807, 2.05) is 0 Å². The van der Waals surface area contributed by atoms with Crippen LogP contribution in [0.3, 0.4) is 0 Å². The molecule has 0 aliphatic heterocycles. The first kappa shape index (κ1) is 24.1. The Balaban J connectivity index is 2.44. The van der Waals surface area contributed by atoms with Crippen LogP contribution in [0.5, 0.6) is 11.5 Å². The van der Waals surface area contributed by atoms with Crippen LogP contribution < -0.4 is 0 Å². The number of hydrogen-bond donors (Lipinski definition) is 9. The maximum Gasteiger partial charge on any atom is 0.296 e. The average molecular weight is 509 g/mol. The number of nitrogens with zero attached hydrogens (tertiary/aromatic N) is 2. The number of aromatic hydroxyl groups is 2. The summed E-state index contributed by atoms with van der Waals surface area (Å²) >= 11 is 0. The lowest BCUT2D eigenvalue weighted by molar-refractivity contribution is 0.373. The van der Waals surface area contributed by atoms with E-state index < -0.39 is 68.8 Å². The molecule has 0 saturated carbocycles. The molecule has 0 radical (unpaired) electrons. The molecule has 0 saturated heterocycles. The second-order valence-corrected chi connectivity index (χ2v) is 10.7. The fraction of sp³-hybridized carbons (Fsp3) is 0. The molecule has 0 aliphatic rings. The van der Waals surface area contributed by atoms with Gasteiger partial charge in [0.2, 0.25) is 0 Å². The van der Waals surface area contributed by atoms with Crippen molar-refractivity contribution in [3.63, 3.8) is 0 Å². The first-order valence-electron chi connectivity index (χ1n) is 8.13. The van der Waals surface area contributed by atoms with Crippen LogP contribution in [0.4, 0.5) is 11.4 Å². The third-order valence-corrected chi connectivity index (χ3v) is 6.76. The summed E-state index contributed by atoms with van der Waals surface area (Å²) in [6, 6.07) is 7.47. The molecular formula is C16H16N2O11S3. The number of phenolic OH excluding ortho intramolecular Hbond substituents is 2. The van der Waals surface area contributed by atoms with E-state index in [9.17, 15) is 50.5 Å². The molecule has 0 aromatic heterocycles. The van der Waals surface area contributed by atoms with Gasteiger partial charge in [-0.05, 0) is 35.7 Å². The number of azo groups is 1. The summed E-state index contributed by atoms with van der Waals surface area (Å²) in [5, 5.41) is 26.6. The fourth-order valence-electron chi connectivity index (χ4n) is 2.74. The molecule has 9 N–H and O–H groups in total. The van der Waals surface area contributed by atoms with Crippen LogP contribution in [-0.2, 0) is 10.1 Å². The standard InChI is InChI=1S/C16H16N2O11S3/c19-11-4-2-1-3-10(11)17-18-15-13(32(27,28)29)6-8-5-9(30(21,22)23)7-12(31(24,25)26)14(8)16(15)20/h1-7,19-26H,(H,27,28,29). The lowest BCUT2D eigenvalue weighted by Gasteiger charge is -2.26. The van der Waals surface area contributed by atoms with Crippen LogP contribution in [0.15, 0.2) is 67.4 Å². The van der Waals surface area contributed by atoms with Crippen molar-refractivity contribution in [3.8, 4) is 11.5 Å². The van der Waals surface area contributed by atoms with Crippen LogP contribution in [0.2, 0.25) is 0 Å². The molecule has 174 valence electrons. The maximum atomic E-state index is 11.9. The highest BCUT2D eigenvalue weighted by molar-refractivity contribution is 8.20. The summed E-state index contributed by atoms with van der Waals surface area (Å²) in [7, 11) is -14.3. The average Bonchev–Trinajstić information content (AvgIpc) is 2.65. The van der Waals surface area contributed by atoms with Crippen LogP contribution in [0, 0.1) is 0 Å². The van der Waals surface area contributed by atoms with Crippen molar-refractivity contribution in [3.05, 3.63) is 42.5 Å². The molecule has 32 heavy (non-hydrogen) atoms. The van der Waals surface area contributed by atoms with E-state index in [2.05, 4.69) is 10.2 Å². The zero-order valence-electron chi connectivity index (χ0n) is 15.5. The smallest absolute Gasteiger partial charge is 0.296 e. The molecule has 3 aromatic rings. The van der Waals surface area contributed by atoms with Gasteiger partial charge in [-0.15, -0.1) is 10.2 Å². The highest BCUT2D eigenvalue weighted by atomic mass is 32.3. The summed E-state index contributed by atoms with van der Waals surface area (Å²) in [6.07, 6.45) is 0. The Hall–Kier alpha value is -2.51. The number of para-hydroxylation sites is 1. The molecule has 0 fully saturated rings. The number of fused-ring (bicyclic) bond motifs is 1. The minimum Gasteiger partial charge on any atom is -0.506 e. The van der Waals surface area contributed by atoms with Gasteiger partial charge in [0, 0.05) is 5.39 Å². The Bertz CT molecular complexity index is 1350. The maximum absolute atomic E-state index is 11.9. The lowest BCUT2D eigenvalue weighted by atomic mass is 10.1. The van der Waals surface area contributed by atoms with Gasteiger partial charge in [0.25, 0.3) is 10.1 Å². The van der Waals surface area contributed by atoms with Crippen molar-refractivity contribution in [1.29, 1.82) is 0 Å². The van der Waals surface area contributed by atoms with Crippen molar-refractivity contribution in [2.24, 2.45) is 10.2 Å². The predicted molar refractivity (Wildman–Crippen MR) is 115 cm³/mol. The second kappa shape index (κ2) is 8.12. The molecule has 0 amide bonds. The van der Waals surface area contributed by atoms with Crippen LogP contribution in [-0.4, -0.2) is 50.5 Å². The third kappa shape index (κ3) is 4.79. The molecule has 0 unspecified atom stereocenters. The van der Waals surface area contributed by atoms with Gasteiger partial charge < -0.3 is 37.5 Å². The molecule has 3 rings (SSSR count). The zero-order chi connectivity index (χ0) is 24.1. The van der Waals surface area contributed by atoms with E-state index in [1.54, 1.807) is 0 Å². The van der Waals surface area contributed by atoms with Crippen LogP contribution >= 0.6 is 21.7 Å². The second-order valence-electron chi connectivity index (χ2n) is 6.29. The zero-order valence-corrected chi connectivity index (χ0v) is 18.0. The molecule has 3 aromatic carbocycles. The van der Waals surface area contributed by atoms with E-state index in [1.165, 1.54) is 24.3 Å². The third-order valence-electron chi connectivity index (χ3n) is 4.12. The molecule has 0 heterocycles. The summed E-state index contributed by atoms with van der Waals surface area (Å²) in [5.74, 6) is -1.45. The number of benzene rings is 3. The monoisotopic (exact) mass is 508 g/mol. The number of hydrogen-bond acceptors (Lipinski definition) is 12. The Morgan fingerprint density at radius 2 is 1.34 bits per heavy atom. The molecule has 0 bridgehead atoms. The van der Waals surface area contributed by atoms with Crippen molar-refractivity contribution < 1.29 is 50.5 Å². The van der Waals surface area contributed by atoms with E-state index in [0.717, 1.165) is 6.07 Å². The Labute approximate surface area is 183 Å². The molecular weight excluding hydrogens is 492 g/mol. The normalized spacial score (nSPS) is 14.2. The van der Waals surface area contributed by atoms with E-state index in [4.69, 9.17) is 0 Å². The van der Waals surface area contributed by atoms with Crippen molar-refractivity contribution in [1.82, 2.24) is 0 Å². The van der Waals surface area contributed by atoms with Crippen LogP contribution in [0.1, 0.15) is 0 Å². The summed E-state index contributed by atoms with van der Waals surface area (Å²) in [6.45, 7) is 0. The van der Waals surface area contributed by atoms with Gasteiger partial charge in [-0.25, -0.2) is 0 Å². The first-order chi connectivity index (χ1) is 14.6. The summed E-state index contributed by atoms with van der Waals surface area (Å²) in [5.41, 5.74) is -1.04. The lowest BCUT2D eigenvalue weighted by Crippen LogP contribution is -2.04. The quantitative estimate of drug-likeness (QED) is 0.162. The minimum atomic E-state index is -5.10. The van der Waals surface area contributed by atoms with E-state index in [0.29, 0.717) is 12.1 Å². The summed E-state index contributed by atoms with van der Waals surface area (Å²) < 4.78 is 91.2. The van der Waals surface area contributed by atoms with E-state index in [-0.39, 0.29) is 11.4 Å². The van der Waals surface area contributed by atoms with Crippen molar-refractivity contribution in [2.45, 2.75) is 14.7 Å². The van der Waals surface area contributed by atoms with Gasteiger partial charge in [-0.1, -0.05) is 12.1 Å².